The fourth-order valence-electron chi connectivity index (χ4n) is 1.40. The highest BCUT2D eigenvalue weighted by atomic mass is 16.5. The third-order valence-corrected chi connectivity index (χ3v) is 2.25. The molecule has 0 saturated carbocycles. The number of hydrogen-bond acceptors (Lipinski definition) is 4. The van der Waals surface area contributed by atoms with Crippen molar-refractivity contribution in [2.24, 2.45) is 0 Å². The molecule has 2 aromatic heterocycles. The Labute approximate surface area is 80.7 Å². The number of rotatable bonds is 2. The first-order chi connectivity index (χ1) is 6.92. The standard InChI is InChI=1S/C9H10N4O/c1-2-8-4-10-9(12-13(8)3-1)11-7-5-14-6-7/h1-4,7H,5-6H2,(H,11,12). The first-order valence-corrected chi connectivity index (χ1v) is 4.56. The Morgan fingerprint density at radius 2 is 2.43 bits per heavy atom. The zero-order valence-corrected chi connectivity index (χ0v) is 7.55. The molecule has 5 heteroatoms. The van der Waals surface area contributed by atoms with Crippen LogP contribution in [0.1, 0.15) is 0 Å². The van der Waals surface area contributed by atoms with E-state index >= 15 is 0 Å². The smallest absolute Gasteiger partial charge is 0.241 e. The Balaban J connectivity index is 1.88. The summed E-state index contributed by atoms with van der Waals surface area (Å²) in [6.45, 7) is 1.49. The number of nitrogens with zero attached hydrogens (tertiary/aromatic N) is 3. The van der Waals surface area contributed by atoms with Gasteiger partial charge in [0.05, 0.1) is 31.0 Å². The summed E-state index contributed by atoms with van der Waals surface area (Å²) >= 11 is 0. The van der Waals surface area contributed by atoms with Gasteiger partial charge in [-0.15, -0.1) is 5.10 Å². The highest BCUT2D eigenvalue weighted by Gasteiger charge is 2.18. The zero-order chi connectivity index (χ0) is 9.38. The third kappa shape index (κ3) is 1.22. The Bertz CT molecular complexity index is 449. The monoisotopic (exact) mass is 190 g/mol. The zero-order valence-electron chi connectivity index (χ0n) is 7.55. The molecule has 5 nitrogen and oxygen atoms in total. The molecule has 0 spiro atoms. The largest absolute Gasteiger partial charge is 0.377 e. The first kappa shape index (κ1) is 7.75. The summed E-state index contributed by atoms with van der Waals surface area (Å²) in [5.41, 5.74) is 1.00. The molecule has 0 amide bonds. The fourth-order valence-corrected chi connectivity index (χ4v) is 1.40. The van der Waals surface area contributed by atoms with Gasteiger partial charge in [-0.05, 0) is 12.1 Å². The van der Waals surface area contributed by atoms with Crippen molar-refractivity contribution >= 4 is 11.5 Å². The van der Waals surface area contributed by atoms with Crippen LogP contribution in [0.4, 0.5) is 5.95 Å². The van der Waals surface area contributed by atoms with E-state index in [1.807, 2.05) is 18.3 Å². The molecule has 3 heterocycles. The predicted molar refractivity (Wildman–Crippen MR) is 51.2 cm³/mol. The highest BCUT2D eigenvalue weighted by Crippen LogP contribution is 2.08. The minimum Gasteiger partial charge on any atom is -0.377 e. The highest BCUT2D eigenvalue weighted by molar-refractivity contribution is 5.45. The van der Waals surface area contributed by atoms with Crippen molar-refractivity contribution in [1.82, 2.24) is 14.6 Å². The minimum absolute atomic E-state index is 0.364. The average molecular weight is 190 g/mol. The van der Waals surface area contributed by atoms with Crippen molar-refractivity contribution in [3.8, 4) is 0 Å². The van der Waals surface area contributed by atoms with Crippen molar-refractivity contribution in [1.29, 1.82) is 0 Å². The van der Waals surface area contributed by atoms with E-state index in [2.05, 4.69) is 15.4 Å². The van der Waals surface area contributed by atoms with Gasteiger partial charge in [-0.2, -0.15) is 0 Å². The van der Waals surface area contributed by atoms with E-state index in [0.717, 1.165) is 18.7 Å². The second-order valence-electron chi connectivity index (χ2n) is 3.34. The van der Waals surface area contributed by atoms with Crippen LogP contribution in [0.25, 0.3) is 5.52 Å². The molecule has 1 N–H and O–H groups in total. The Morgan fingerprint density at radius 1 is 1.50 bits per heavy atom. The molecule has 3 rings (SSSR count). The molecule has 0 aromatic carbocycles. The van der Waals surface area contributed by atoms with Crippen molar-refractivity contribution in [3.63, 3.8) is 0 Å². The number of nitrogens with one attached hydrogen (secondary N) is 1. The lowest BCUT2D eigenvalue weighted by atomic mass is 10.3. The van der Waals surface area contributed by atoms with E-state index < -0.39 is 0 Å². The summed E-state index contributed by atoms with van der Waals surface area (Å²) in [7, 11) is 0. The van der Waals surface area contributed by atoms with E-state index in [0.29, 0.717) is 12.0 Å². The van der Waals surface area contributed by atoms with Gasteiger partial charge in [0.1, 0.15) is 0 Å². The summed E-state index contributed by atoms with van der Waals surface area (Å²) in [4.78, 5) is 4.20. The Morgan fingerprint density at radius 3 is 3.21 bits per heavy atom. The fraction of sp³-hybridized carbons (Fsp3) is 0.333. The Kier molecular flexibility index (Phi) is 1.63. The first-order valence-electron chi connectivity index (χ1n) is 4.56. The third-order valence-electron chi connectivity index (χ3n) is 2.25. The second kappa shape index (κ2) is 2.95. The van der Waals surface area contributed by atoms with Gasteiger partial charge in [0.2, 0.25) is 5.95 Å². The maximum Gasteiger partial charge on any atom is 0.241 e. The van der Waals surface area contributed by atoms with E-state index in [4.69, 9.17) is 4.74 Å². The maximum atomic E-state index is 5.05. The predicted octanol–water partition coefficient (Wildman–Crippen LogP) is 0.540. The molecule has 2 aromatic rings. The maximum absolute atomic E-state index is 5.05. The summed E-state index contributed by atoms with van der Waals surface area (Å²) in [6, 6.07) is 4.28. The van der Waals surface area contributed by atoms with Gasteiger partial charge < -0.3 is 10.1 Å². The van der Waals surface area contributed by atoms with Gasteiger partial charge in [0, 0.05) is 6.20 Å². The van der Waals surface area contributed by atoms with Gasteiger partial charge in [0.15, 0.2) is 0 Å². The molecular weight excluding hydrogens is 180 g/mol. The van der Waals surface area contributed by atoms with Crippen LogP contribution in [-0.4, -0.2) is 33.9 Å². The van der Waals surface area contributed by atoms with E-state index in [1.165, 1.54) is 0 Å². The normalized spacial score (nSPS) is 16.9. The van der Waals surface area contributed by atoms with Gasteiger partial charge in [0.25, 0.3) is 0 Å². The van der Waals surface area contributed by atoms with E-state index in [1.54, 1.807) is 10.7 Å². The lowest BCUT2D eigenvalue weighted by Gasteiger charge is -2.26. The molecule has 0 unspecified atom stereocenters. The summed E-state index contributed by atoms with van der Waals surface area (Å²) in [5, 5.41) is 7.49. The topological polar surface area (TPSA) is 51.5 Å². The molecule has 72 valence electrons. The van der Waals surface area contributed by atoms with Crippen LogP contribution < -0.4 is 5.32 Å². The van der Waals surface area contributed by atoms with Gasteiger partial charge >= 0.3 is 0 Å². The van der Waals surface area contributed by atoms with Gasteiger partial charge in [-0.25, -0.2) is 9.50 Å². The van der Waals surface area contributed by atoms with Crippen LogP contribution in [0.15, 0.2) is 24.5 Å². The van der Waals surface area contributed by atoms with Gasteiger partial charge in [-0.1, -0.05) is 0 Å². The molecule has 1 aliphatic heterocycles. The molecule has 1 saturated heterocycles. The average Bonchev–Trinajstić information content (AvgIpc) is 2.58. The van der Waals surface area contributed by atoms with Crippen molar-refractivity contribution in [3.05, 3.63) is 24.5 Å². The molecule has 0 radical (unpaired) electrons. The van der Waals surface area contributed by atoms with Crippen LogP contribution in [0.2, 0.25) is 0 Å². The SMILES string of the molecule is c1cc2cnc(NC3COC3)nn2c1. The van der Waals surface area contributed by atoms with Crippen LogP contribution >= 0.6 is 0 Å². The lowest BCUT2D eigenvalue weighted by molar-refractivity contribution is 0.0207. The molecule has 0 bridgehead atoms. The van der Waals surface area contributed by atoms with Crippen LogP contribution in [0, 0.1) is 0 Å². The number of aromatic nitrogens is 3. The lowest BCUT2D eigenvalue weighted by Crippen LogP contribution is -2.40. The summed E-state index contributed by atoms with van der Waals surface area (Å²) < 4.78 is 6.86. The molecule has 0 atom stereocenters. The second-order valence-corrected chi connectivity index (χ2v) is 3.34. The molecule has 0 aliphatic carbocycles. The number of hydrogen-bond donors (Lipinski definition) is 1. The minimum atomic E-state index is 0.364. The quantitative estimate of drug-likeness (QED) is 0.751. The molecular formula is C9H10N4O. The number of fused-ring (bicyclic) bond motifs is 1. The van der Waals surface area contributed by atoms with E-state index in [9.17, 15) is 0 Å². The Hall–Kier alpha value is -1.62. The van der Waals surface area contributed by atoms with Crippen LogP contribution in [0.3, 0.4) is 0 Å². The summed E-state index contributed by atoms with van der Waals surface area (Å²) in [6.07, 6.45) is 3.70. The molecule has 14 heavy (non-hydrogen) atoms. The van der Waals surface area contributed by atoms with E-state index in [-0.39, 0.29) is 0 Å². The summed E-state index contributed by atoms with van der Waals surface area (Å²) in [5.74, 6) is 0.655. The van der Waals surface area contributed by atoms with Crippen LogP contribution in [0.5, 0.6) is 0 Å². The number of ether oxygens (including phenoxy) is 1. The number of anilines is 1. The molecule has 1 aliphatic rings. The van der Waals surface area contributed by atoms with Gasteiger partial charge in [-0.3, -0.25) is 0 Å². The van der Waals surface area contributed by atoms with Crippen molar-refractivity contribution in [2.75, 3.05) is 18.5 Å². The van der Waals surface area contributed by atoms with Crippen molar-refractivity contribution < 1.29 is 4.74 Å². The van der Waals surface area contributed by atoms with Crippen molar-refractivity contribution in [2.45, 2.75) is 6.04 Å². The van der Waals surface area contributed by atoms with Crippen LogP contribution in [-0.2, 0) is 4.74 Å². The molecule has 1 fully saturated rings.